The summed E-state index contributed by atoms with van der Waals surface area (Å²) >= 11 is 0. The summed E-state index contributed by atoms with van der Waals surface area (Å²) in [5, 5.41) is 13.9. The van der Waals surface area contributed by atoms with Crippen LogP contribution in [0, 0.1) is 0 Å². The summed E-state index contributed by atoms with van der Waals surface area (Å²) in [5.74, 6) is 0. The van der Waals surface area contributed by atoms with Crippen LogP contribution in [-0.4, -0.2) is 43.7 Å². The molecular formula is CH12Ni3O8. The largest absolute Gasteiger partial charge is 0.503 e. The molecule has 0 aliphatic heterocycles. The van der Waals surface area contributed by atoms with Gasteiger partial charge in [-0.2, -0.15) is 0 Å². The minimum Gasteiger partial charge on any atom is -0.450 e. The number of carboxylic acid groups (broad SMARTS) is 2. The molecule has 12 heavy (non-hydrogen) atoms. The zero-order chi connectivity index (χ0) is 3.58. The Labute approximate surface area is 98.0 Å². The molecule has 0 aliphatic carbocycles. The van der Waals surface area contributed by atoms with Crippen molar-refractivity contribution in [2.75, 3.05) is 0 Å². The first kappa shape index (κ1) is 133. The summed E-state index contributed by atoms with van der Waals surface area (Å²) in [6.07, 6.45) is -1.83. The number of hydrogen-bond acceptors (Lipinski definition) is 1. The third-order valence-electron chi connectivity index (χ3n) is 0. The molecule has 0 radical (unpaired) electrons. The van der Waals surface area contributed by atoms with E-state index in [1.54, 1.807) is 0 Å². The molecule has 0 fully saturated rings. The van der Waals surface area contributed by atoms with Gasteiger partial charge in [0, 0.05) is 49.5 Å². The van der Waals surface area contributed by atoms with Crippen LogP contribution in [0.4, 0.5) is 4.79 Å². The van der Waals surface area contributed by atoms with Crippen molar-refractivity contribution in [3.63, 3.8) is 0 Å². The molecule has 0 rings (SSSR count). The van der Waals surface area contributed by atoms with E-state index in [2.05, 4.69) is 0 Å². The zero-order valence-electron chi connectivity index (χ0n) is 5.25. The maximum absolute atomic E-state index is 8.56. The van der Waals surface area contributed by atoms with Crippen molar-refractivity contribution < 1.29 is 91.9 Å². The Kier molecular flexibility index (Phi) is 1130. The van der Waals surface area contributed by atoms with Gasteiger partial charge < -0.3 is 37.6 Å². The van der Waals surface area contributed by atoms with Crippen LogP contribution in [0.25, 0.3) is 0 Å². The average Bonchev–Trinajstić information content (AvgIpc) is 0.811. The molecule has 0 saturated carbocycles. The number of hydrogen-bond donors (Lipinski definition) is 2. The number of carbonyl (C=O) groups is 1. The minimum absolute atomic E-state index is 0. The van der Waals surface area contributed by atoms with E-state index in [1.807, 2.05) is 0 Å². The second kappa shape index (κ2) is 102. The second-order valence-electron chi connectivity index (χ2n) is 0.283. The fourth-order valence-electron chi connectivity index (χ4n) is 0. The Bertz CT molecular complexity index is 37.3. The first-order valence-electron chi connectivity index (χ1n) is 0.651. The zero-order valence-corrected chi connectivity index (χ0v) is 8.21. The molecule has 94 valence electrons. The van der Waals surface area contributed by atoms with Gasteiger partial charge in [0.25, 0.3) is 0 Å². The van der Waals surface area contributed by atoms with E-state index in [-0.39, 0.29) is 76.9 Å². The van der Waals surface area contributed by atoms with Gasteiger partial charge in [-0.15, -0.1) is 0 Å². The SMILES string of the molecule is O.O.O.O.O.O=C(O)O.[Ni].[Ni].[Ni]. The normalized spacial score (nSPS) is 2.00. The Morgan fingerprint density at radius 2 is 0.667 bits per heavy atom. The van der Waals surface area contributed by atoms with Crippen LogP contribution in [0.3, 0.4) is 0 Å². The Morgan fingerprint density at radius 1 is 0.667 bits per heavy atom. The van der Waals surface area contributed by atoms with Gasteiger partial charge in [-0.1, -0.05) is 0 Å². The molecule has 0 aliphatic rings. The van der Waals surface area contributed by atoms with Gasteiger partial charge in [0.1, 0.15) is 0 Å². The first-order valence-corrected chi connectivity index (χ1v) is 0.651. The molecule has 0 amide bonds. The second-order valence-corrected chi connectivity index (χ2v) is 0.283. The van der Waals surface area contributed by atoms with Crippen molar-refractivity contribution >= 4 is 6.16 Å². The van der Waals surface area contributed by atoms with E-state index in [9.17, 15) is 0 Å². The van der Waals surface area contributed by atoms with Crippen molar-refractivity contribution in [1.82, 2.24) is 0 Å². The van der Waals surface area contributed by atoms with Gasteiger partial charge in [0.15, 0.2) is 0 Å². The van der Waals surface area contributed by atoms with Gasteiger partial charge in [-0.25, -0.2) is 4.79 Å². The van der Waals surface area contributed by atoms with Crippen molar-refractivity contribution in [3.8, 4) is 0 Å². The molecule has 0 aromatic carbocycles. The van der Waals surface area contributed by atoms with Gasteiger partial charge >= 0.3 is 6.16 Å². The maximum atomic E-state index is 8.56. The molecule has 8 nitrogen and oxygen atoms in total. The van der Waals surface area contributed by atoms with Gasteiger partial charge in [-0.3, -0.25) is 0 Å². The third-order valence-corrected chi connectivity index (χ3v) is 0. The van der Waals surface area contributed by atoms with Gasteiger partial charge in [0.2, 0.25) is 0 Å². The molecule has 0 heterocycles. The molecular weight excluding hydrogens is 316 g/mol. The average molecular weight is 328 g/mol. The third kappa shape index (κ3) is 3180. The summed E-state index contributed by atoms with van der Waals surface area (Å²) in [5.41, 5.74) is 0. The van der Waals surface area contributed by atoms with Crippen LogP contribution in [0.1, 0.15) is 0 Å². The van der Waals surface area contributed by atoms with E-state index in [4.69, 9.17) is 15.0 Å². The Morgan fingerprint density at radius 3 is 0.667 bits per heavy atom. The number of rotatable bonds is 0. The molecule has 0 aromatic rings. The molecule has 0 bridgehead atoms. The van der Waals surface area contributed by atoms with Crippen LogP contribution in [0.5, 0.6) is 0 Å². The van der Waals surface area contributed by atoms with Gasteiger partial charge in [0.05, 0.1) is 0 Å². The predicted molar refractivity (Wildman–Crippen MR) is 28.7 cm³/mol. The summed E-state index contributed by atoms with van der Waals surface area (Å²) < 4.78 is 0. The molecule has 0 atom stereocenters. The van der Waals surface area contributed by atoms with Crippen molar-refractivity contribution in [2.45, 2.75) is 0 Å². The Hall–Kier alpha value is 0.551. The van der Waals surface area contributed by atoms with Crippen molar-refractivity contribution in [2.24, 2.45) is 0 Å². The molecule has 0 unspecified atom stereocenters. The fourth-order valence-corrected chi connectivity index (χ4v) is 0. The maximum Gasteiger partial charge on any atom is 0.503 e. The van der Waals surface area contributed by atoms with Crippen LogP contribution in [0.15, 0.2) is 0 Å². The molecule has 0 saturated heterocycles. The van der Waals surface area contributed by atoms with E-state index < -0.39 is 6.16 Å². The van der Waals surface area contributed by atoms with Crippen molar-refractivity contribution in [1.29, 1.82) is 0 Å². The van der Waals surface area contributed by atoms with Crippen molar-refractivity contribution in [3.05, 3.63) is 0 Å². The quantitative estimate of drug-likeness (QED) is 0.426. The first-order chi connectivity index (χ1) is 1.73. The fraction of sp³-hybridized carbons (Fsp3) is 0. The van der Waals surface area contributed by atoms with Crippen LogP contribution in [0.2, 0.25) is 0 Å². The van der Waals surface area contributed by atoms with Gasteiger partial charge in [-0.05, 0) is 0 Å². The topological polar surface area (TPSA) is 215 Å². The van der Waals surface area contributed by atoms with E-state index in [1.165, 1.54) is 0 Å². The molecule has 11 heteroatoms. The summed E-state index contributed by atoms with van der Waals surface area (Å²) in [4.78, 5) is 8.56. The van der Waals surface area contributed by atoms with E-state index in [0.717, 1.165) is 0 Å². The summed E-state index contributed by atoms with van der Waals surface area (Å²) in [6.45, 7) is 0. The minimum atomic E-state index is -1.83. The van der Waals surface area contributed by atoms with Crippen LogP contribution >= 0.6 is 0 Å². The monoisotopic (exact) mass is 326 g/mol. The van der Waals surface area contributed by atoms with E-state index >= 15 is 0 Å². The molecule has 12 N–H and O–H groups in total. The van der Waals surface area contributed by atoms with E-state index in [0.29, 0.717) is 0 Å². The predicted octanol–water partition coefficient (Wildman–Crippen LogP) is -3.91. The Balaban J connectivity index is -0.00000000161. The van der Waals surface area contributed by atoms with Crippen LogP contribution in [-0.2, 0) is 49.5 Å². The molecule has 0 aromatic heterocycles. The smallest absolute Gasteiger partial charge is 0.450 e. The standard InChI is InChI=1S/CH2O3.3Ni.5H2O/c2-1(3)4;;;;;;;;/h(H2,2,3,4);;;;5*1H2. The summed E-state index contributed by atoms with van der Waals surface area (Å²) in [6, 6.07) is 0. The van der Waals surface area contributed by atoms with Crippen LogP contribution < -0.4 is 0 Å². The summed E-state index contributed by atoms with van der Waals surface area (Å²) in [7, 11) is 0. The molecule has 0 spiro atoms.